The van der Waals surface area contributed by atoms with Gasteiger partial charge in [0.05, 0.1) is 12.7 Å². The van der Waals surface area contributed by atoms with Crippen LogP contribution in [-0.2, 0) is 6.61 Å². The van der Waals surface area contributed by atoms with Gasteiger partial charge in [-0.15, -0.1) is 10.2 Å². The van der Waals surface area contributed by atoms with Crippen molar-refractivity contribution < 1.29 is 23.8 Å². The number of para-hydroxylation sites is 1. The molecule has 0 saturated carbocycles. The van der Waals surface area contributed by atoms with Crippen molar-refractivity contribution in [1.82, 2.24) is 10.2 Å². The Kier molecular flexibility index (Phi) is 6.27. The zero-order chi connectivity index (χ0) is 22.3. The van der Waals surface area contributed by atoms with Gasteiger partial charge in [-0.1, -0.05) is 54.6 Å². The number of methoxy groups -OCH3 is 1. The summed E-state index contributed by atoms with van der Waals surface area (Å²) in [7, 11) is 1.54. The summed E-state index contributed by atoms with van der Waals surface area (Å²) < 4.78 is 16.8. The molecule has 0 fully saturated rings. The highest BCUT2D eigenvalue weighted by Gasteiger charge is 2.13. The molecule has 160 valence electrons. The van der Waals surface area contributed by atoms with E-state index in [9.17, 15) is 9.90 Å². The molecule has 0 unspecified atom stereocenters. The van der Waals surface area contributed by atoms with E-state index in [4.69, 9.17) is 13.9 Å². The largest absolute Gasteiger partial charge is 0.507 e. The number of phenols is 1. The van der Waals surface area contributed by atoms with Gasteiger partial charge in [-0.3, -0.25) is 4.79 Å². The van der Waals surface area contributed by atoms with Crippen LogP contribution in [-0.4, -0.2) is 28.2 Å². The van der Waals surface area contributed by atoms with Crippen molar-refractivity contribution in [1.29, 1.82) is 0 Å². The van der Waals surface area contributed by atoms with Gasteiger partial charge in [-0.25, -0.2) is 0 Å². The molecule has 0 aliphatic carbocycles. The van der Waals surface area contributed by atoms with Crippen molar-refractivity contribution in [3.8, 4) is 28.7 Å². The molecule has 0 aliphatic heterocycles. The monoisotopic (exact) mass is 428 g/mol. The number of nitrogens with zero attached hydrogens (tertiary/aromatic N) is 2. The summed E-state index contributed by atoms with van der Waals surface area (Å²) in [5.41, 5.74) is 1.86. The highest BCUT2D eigenvalue weighted by atomic mass is 16.5. The second kappa shape index (κ2) is 9.61. The Morgan fingerprint density at radius 3 is 2.56 bits per heavy atom. The summed E-state index contributed by atoms with van der Waals surface area (Å²) in [6, 6.07) is 21.1. The fourth-order valence-electron chi connectivity index (χ4n) is 2.99. The Hall–Kier alpha value is -4.39. The molecular weight excluding hydrogens is 408 g/mol. The summed E-state index contributed by atoms with van der Waals surface area (Å²) >= 11 is 0. The van der Waals surface area contributed by atoms with Crippen LogP contribution in [0, 0.1) is 0 Å². The number of ether oxygens (including phenoxy) is 2. The van der Waals surface area contributed by atoms with E-state index in [0.29, 0.717) is 22.6 Å². The van der Waals surface area contributed by atoms with E-state index >= 15 is 0 Å². The van der Waals surface area contributed by atoms with Gasteiger partial charge < -0.3 is 19.0 Å². The maximum atomic E-state index is 12.2. The topological polar surface area (TPSA) is 94.7 Å². The van der Waals surface area contributed by atoms with E-state index in [1.54, 1.807) is 54.6 Å². The van der Waals surface area contributed by atoms with Gasteiger partial charge in [0.25, 0.3) is 11.8 Å². The molecule has 0 atom stereocenters. The quantitative estimate of drug-likeness (QED) is 0.314. The molecule has 1 aromatic heterocycles. The summed E-state index contributed by atoms with van der Waals surface area (Å²) in [5.74, 6) is 1.42. The van der Waals surface area contributed by atoms with Crippen molar-refractivity contribution in [2.45, 2.75) is 6.61 Å². The molecule has 0 spiro atoms. The van der Waals surface area contributed by atoms with Crippen molar-refractivity contribution in [3.05, 3.63) is 95.9 Å². The molecule has 32 heavy (non-hydrogen) atoms. The van der Waals surface area contributed by atoms with Gasteiger partial charge in [-0.05, 0) is 35.9 Å². The molecule has 4 aromatic rings. The normalized spacial score (nSPS) is 10.9. The molecule has 0 aliphatic rings. The maximum Gasteiger partial charge on any atom is 0.254 e. The smallest absolute Gasteiger partial charge is 0.254 e. The maximum absolute atomic E-state index is 12.2. The van der Waals surface area contributed by atoms with E-state index in [0.717, 1.165) is 5.56 Å². The van der Waals surface area contributed by atoms with E-state index in [1.807, 2.05) is 24.3 Å². The number of allylic oxidation sites excluding steroid dienone is 1. The summed E-state index contributed by atoms with van der Waals surface area (Å²) in [6.07, 6.45) is 3.24. The van der Waals surface area contributed by atoms with Gasteiger partial charge in [-0.2, -0.15) is 0 Å². The highest BCUT2D eigenvalue weighted by Crippen LogP contribution is 2.30. The summed E-state index contributed by atoms with van der Waals surface area (Å²) in [5, 5.41) is 17.8. The van der Waals surface area contributed by atoms with Gasteiger partial charge in [0.1, 0.15) is 5.75 Å². The average molecular weight is 428 g/mol. The first-order chi connectivity index (χ1) is 15.6. The Morgan fingerprint density at radius 2 is 1.78 bits per heavy atom. The molecular formula is C25H20N2O5. The Labute approximate surface area is 184 Å². The Bertz CT molecular complexity index is 1250. The second-order valence-corrected chi connectivity index (χ2v) is 6.78. The molecule has 0 amide bonds. The number of aromatic nitrogens is 2. The number of phenolic OH excluding ortho intramolecular Hbond substituents is 1. The van der Waals surface area contributed by atoms with Crippen LogP contribution in [0.3, 0.4) is 0 Å². The first kappa shape index (κ1) is 20.9. The molecule has 4 rings (SSSR count). The van der Waals surface area contributed by atoms with Crippen molar-refractivity contribution in [2.24, 2.45) is 0 Å². The predicted molar refractivity (Wildman–Crippen MR) is 119 cm³/mol. The van der Waals surface area contributed by atoms with Crippen LogP contribution in [0.2, 0.25) is 0 Å². The van der Waals surface area contributed by atoms with Crippen LogP contribution in [0.1, 0.15) is 21.8 Å². The molecule has 1 heterocycles. The number of hydrogen-bond acceptors (Lipinski definition) is 7. The highest BCUT2D eigenvalue weighted by molar-refractivity contribution is 6.06. The van der Waals surface area contributed by atoms with Gasteiger partial charge in [0.15, 0.2) is 23.9 Å². The fourth-order valence-corrected chi connectivity index (χ4v) is 2.99. The lowest BCUT2D eigenvalue weighted by atomic mass is 10.1. The number of carbonyl (C=O) groups excluding carboxylic acids is 1. The van der Waals surface area contributed by atoms with Crippen LogP contribution in [0.25, 0.3) is 17.5 Å². The van der Waals surface area contributed by atoms with Crippen molar-refractivity contribution in [3.63, 3.8) is 0 Å². The zero-order valence-electron chi connectivity index (χ0n) is 17.3. The summed E-state index contributed by atoms with van der Waals surface area (Å²) in [4.78, 5) is 12.2. The zero-order valence-corrected chi connectivity index (χ0v) is 17.3. The SMILES string of the molecule is COc1cc(/C=C/C(=O)c2ccccc2)ccc1OCc1nnc(-c2ccccc2O)o1. The Morgan fingerprint density at radius 1 is 1.00 bits per heavy atom. The number of hydrogen-bond donors (Lipinski definition) is 1. The minimum atomic E-state index is -0.0819. The number of ketones is 1. The molecule has 1 N–H and O–H groups in total. The third kappa shape index (κ3) is 4.84. The molecule has 0 radical (unpaired) electrons. The molecule has 7 nitrogen and oxygen atoms in total. The lowest BCUT2D eigenvalue weighted by Gasteiger charge is -2.10. The second-order valence-electron chi connectivity index (χ2n) is 6.78. The summed E-state index contributed by atoms with van der Waals surface area (Å²) in [6.45, 7) is 0.0264. The lowest BCUT2D eigenvalue weighted by molar-refractivity contribution is 0.104. The standard InChI is InChI=1S/C25H20N2O5/c1-30-23-15-17(11-13-20(28)18-7-3-2-4-8-18)12-14-22(23)31-16-24-26-27-25(32-24)19-9-5-6-10-21(19)29/h2-15,29H,16H2,1H3/b13-11+. The predicted octanol–water partition coefficient (Wildman–Crippen LogP) is 4.93. The third-order valence-corrected chi connectivity index (χ3v) is 4.63. The molecule has 0 saturated heterocycles. The third-order valence-electron chi connectivity index (χ3n) is 4.63. The first-order valence-electron chi connectivity index (χ1n) is 9.83. The average Bonchev–Trinajstić information content (AvgIpc) is 3.31. The van der Waals surface area contributed by atoms with Crippen LogP contribution >= 0.6 is 0 Å². The van der Waals surface area contributed by atoms with Gasteiger partial charge in [0.2, 0.25) is 0 Å². The fraction of sp³-hybridized carbons (Fsp3) is 0.0800. The number of aromatic hydroxyl groups is 1. The van der Waals surface area contributed by atoms with Gasteiger partial charge >= 0.3 is 0 Å². The number of rotatable bonds is 8. The minimum absolute atomic E-state index is 0.0264. The van der Waals surface area contributed by atoms with E-state index in [-0.39, 0.29) is 29.9 Å². The number of carbonyl (C=O) groups is 1. The van der Waals surface area contributed by atoms with Crippen LogP contribution in [0.15, 0.2) is 83.3 Å². The molecule has 3 aromatic carbocycles. The first-order valence-corrected chi connectivity index (χ1v) is 9.83. The van der Waals surface area contributed by atoms with Crippen LogP contribution in [0.5, 0.6) is 17.2 Å². The number of benzene rings is 3. The van der Waals surface area contributed by atoms with Crippen molar-refractivity contribution >= 4 is 11.9 Å². The molecule has 0 bridgehead atoms. The van der Waals surface area contributed by atoms with E-state index in [2.05, 4.69) is 10.2 Å². The van der Waals surface area contributed by atoms with Crippen molar-refractivity contribution in [2.75, 3.05) is 7.11 Å². The lowest BCUT2D eigenvalue weighted by Crippen LogP contribution is -1.98. The molecule has 7 heteroatoms. The Balaban J connectivity index is 1.43. The van der Waals surface area contributed by atoms with Crippen LogP contribution in [0.4, 0.5) is 0 Å². The van der Waals surface area contributed by atoms with E-state index < -0.39 is 0 Å². The van der Waals surface area contributed by atoms with Crippen LogP contribution < -0.4 is 9.47 Å². The van der Waals surface area contributed by atoms with Gasteiger partial charge in [0, 0.05) is 5.56 Å². The minimum Gasteiger partial charge on any atom is -0.507 e. The van der Waals surface area contributed by atoms with E-state index in [1.165, 1.54) is 13.2 Å².